The molecule has 0 radical (unpaired) electrons. The normalized spacial score (nSPS) is 33.9. The first kappa shape index (κ1) is 13.4. The lowest BCUT2D eigenvalue weighted by atomic mass is 10.0. The van der Waals surface area contributed by atoms with E-state index in [1.165, 1.54) is 18.1 Å². The Morgan fingerprint density at radius 3 is 2.00 bits per heavy atom. The monoisotopic (exact) mass is 233 g/mol. The Morgan fingerprint density at radius 2 is 1.60 bits per heavy atom. The lowest BCUT2D eigenvalue weighted by Crippen LogP contribution is -2.55. The molecule has 1 fully saturated rings. The molecular weight excluding hydrogens is 202 g/mol. The minimum Gasteiger partial charge on any atom is -0.296 e. The summed E-state index contributed by atoms with van der Waals surface area (Å²) in [4.78, 5) is 2.73. The fourth-order valence-corrected chi connectivity index (χ4v) is 5.95. The molecule has 1 aliphatic rings. The molecule has 1 nitrogen and oxygen atoms in total. The Labute approximate surface area is 96.9 Å². The van der Waals surface area contributed by atoms with Crippen molar-refractivity contribution in [2.45, 2.75) is 39.8 Å². The Hall–Kier alpha value is 0.310. The fourth-order valence-electron chi connectivity index (χ4n) is 2.78. The summed E-state index contributed by atoms with van der Waals surface area (Å²) in [5.41, 5.74) is 0. The van der Waals surface area contributed by atoms with Gasteiger partial charge in [0.25, 0.3) is 0 Å². The third kappa shape index (κ3) is 3.39. The molecule has 2 heteroatoms. The van der Waals surface area contributed by atoms with E-state index in [9.17, 15) is 0 Å². The summed E-state index contributed by atoms with van der Waals surface area (Å²) >= 11 is 0. The average Bonchev–Trinajstić information content (AvgIpc) is 2.00. The van der Waals surface area contributed by atoms with E-state index in [4.69, 9.17) is 0 Å². The van der Waals surface area contributed by atoms with Crippen molar-refractivity contribution in [1.29, 1.82) is 0 Å². The Balaban J connectivity index is 2.84. The van der Waals surface area contributed by atoms with E-state index in [-0.39, 0.29) is 0 Å². The molecule has 1 unspecified atom stereocenters. The van der Waals surface area contributed by atoms with Crippen LogP contribution in [0.15, 0.2) is 0 Å². The van der Waals surface area contributed by atoms with Gasteiger partial charge in [0, 0.05) is 18.6 Å². The first-order valence-electron chi connectivity index (χ1n) is 6.36. The van der Waals surface area contributed by atoms with E-state index in [0.717, 1.165) is 12.0 Å². The summed E-state index contributed by atoms with van der Waals surface area (Å²) in [6, 6.07) is 1.53. The zero-order valence-electron chi connectivity index (χ0n) is 11.7. The predicted octanol–water partition coefficient (Wildman–Crippen LogP) is 2.70. The number of hydrogen-bond acceptors (Lipinski definition) is 1. The largest absolute Gasteiger partial charge is 0.296 e. The van der Waals surface area contributed by atoms with Gasteiger partial charge < -0.3 is 0 Å². The summed E-state index contributed by atoms with van der Waals surface area (Å²) in [5, 5.41) is 0. The minimum absolute atomic E-state index is 0.713. The van der Waals surface area contributed by atoms with Gasteiger partial charge in [-0.2, -0.15) is 0 Å². The summed E-state index contributed by atoms with van der Waals surface area (Å²) in [6.07, 6.45) is 7.70. The predicted molar refractivity (Wildman–Crippen MR) is 77.0 cm³/mol. The molecule has 1 aliphatic heterocycles. The van der Waals surface area contributed by atoms with Gasteiger partial charge in [0.1, 0.15) is 0 Å². The van der Waals surface area contributed by atoms with Crippen molar-refractivity contribution in [2.75, 3.05) is 36.8 Å². The van der Waals surface area contributed by atoms with Gasteiger partial charge in [-0.15, -0.1) is 0 Å². The highest BCUT2D eigenvalue weighted by Gasteiger charge is 2.39. The molecule has 1 saturated heterocycles. The highest BCUT2D eigenvalue weighted by atomic mass is 32.3. The maximum absolute atomic E-state index is 2.73. The van der Waals surface area contributed by atoms with Crippen LogP contribution in [0.2, 0.25) is 0 Å². The molecule has 0 saturated carbocycles. The smallest absolute Gasteiger partial charge is 0.0184 e. The summed E-state index contributed by atoms with van der Waals surface area (Å²) in [5.74, 6) is 3.71. The number of rotatable bonds is 2. The first-order valence-corrected chi connectivity index (χ1v) is 10.3. The van der Waals surface area contributed by atoms with Crippen LogP contribution >= 0.6 is 9.16 Å². The van der Waals surface area contributed by atoms with Gasteiger partial charge in [-0.1, -0.05) is 13.8 Å². The van der Waals surface area contributed by atoms with Gasteiger partial charge in [-0.3, -0.25) is 14.1 Å². The van der Waals surface area contributed by atoms with Gasteiger partial charge in [-0.25, -0.2) is 0 Å². The fraction of sp³-hybridized carbons (Fsp3) is 1.00. The molecule has 94 valence electrons. The Morgan fingerprint density at radius 1 is 1.07 bits per heavy atom. The SMILES string of the molecule is CC(C)C1C[SH](C)(C)(C)CCN1C(C)C. The molecule has 0 bridgehead atoms. The van der Waals surface area contributed by atoms with Gasteiger partial charge in [0.2, 0.25) is 0 Å². The van der Waals surface area contributed by atoms with Crippen molar-refractivity contribution in [2.24, 2.45) is 5.92 Å². The van der Waals surface area contributed by atoms with Crippen LogP contribution in [0.3, 0.4) is 0 Å². The van der Waals surface area contributed by atoms with Crippen molar-refractivity contribution in [3.8, 4) is 0 Å². The minimum atomic E-state index is -1.31. The highest BCUT2D eigenvalue weighted by molar-refractivity contribution is 8.48. The molecule has 0 aromatic carbocycles. The Kier molecular flexibility index (Phi) is 3.53. The lowest BCUT2D eigenvalue weighted by molar-refractivity contribution is 0.135. The molecule has 1 heterocycles. The van der Waals surface area contributed by atoms with Crippen LogP contribution in [0.5, 0.6) is 0 Å². The summed E-state index contributed by atoms with van der Waals surface area (Å²) in [7, 11) is -1.31. The molecular formula is C13H31NS. The van der Waals surface area contributed by atoms with Crippen molar-refractivity contribution in [3.63, 3.8) is 0 Å². The second-order valence-electron chi connectivity index (χ2n) is 7.51. The van der Waals surface area contributed by atoms with Gasteiger partial charge in [-0.05, 0) is 50.0 Å². The van der Waals surface area contributed by atoms with Crippen LogP contribution in [-0.2, 0) is 0 Å². The third-order valence-electron chi connectivity index (χ3n) is 3.91. The van der Waals surface area contributed by atoms with Gasteiger partial charge >= 0.3 is 0 Å². The van der Waals surface area contributed by atoms with E-state index < -0.39 is 9.16 Å². The zero-order chi connectivity index (χ0) is 11.9. The molecule has 0 amide bonds. The second-order valence-corrected chi connectivity index (χ2v) is 15.2. The standard InChI is InChI=1S/C13H31NS/c1-11(2)13-10-15(5,6,7)9-8-14(13)12(3)4/h11-13,15H,8-10H2,1-7H3. The van der Waals surface area contributed by atoms with Gasteiger partial charge in [0.05, 0.1) is 0 Å². The molecule has 0 aromatic rings. The quantitative estimate of drug-likeness (QED) is 0.718. The van der Waals surface area contributed by atoms with Crippen molar-refractivity contribution < 1.29 is 0 Å². The van der Waals surface area contributed by atoms with E-state index in [2.05, 4.69) is 51.4 Å². The van der Waals surface area contributed by atoms with E-state index in [0.29, 0.717) is 6.04 Å². The molecule has 15 heavy (non-hydrogen) atoms. The third-order valence-corrected chi connectivity index (χ3v) is 7.50. The number of nitrogens with zero attached hydrogens (tertiary/aromatic N) is 1. The molecule has 0 aromatic heterocycles. The topological polar surface area (TPSA) is 3.24 Å². The van der Waals surface area contributed by atoms with Crippen molar-refractivity contribution in [3.05, 3.63) is 0 Å². The Bertz CT molecular complexity index is 224. The lowest BCUT2D eigenvalue weighted by Gasteiger charge is -2.61. The van der Waals surface area contributed by atoms with Gasteiger partial charge in [0.15, 0.2) is 0 Å². The van der Waals surface area contributed by atoms with Crippen LogP contribution in [0.4, 0.5) is 0 Å². The highest BCUT2D eigenvalue weighted by Crippen LogP contribution is 2.62. The van der Waals surface area contributed by atoms with E-state index in [1.807, 2.05) is 0 Å². The molecule has 1 rings (SSSR count). The number of hydrogen-bond donors (Lipinski definition) is 1. The van der Waals surface area contributed by atoms with E-state index in [1.54, 1.807) is 0 Å². The van der Waals surface area contributed by atoms with Crippen LogP contribution in [-0.4, -0.2) is 53.8 Å². The van der Waals surface area contributed by atoms with Crippen LogP contribution < -0.4 is 0 Å². The molecule has 0 spiro atoms. The molecule has 0 aliphatic carbocycles. The number of thiol groups is 1. The van der Waals surface area contributed by atoms with Crippen molar-refractivity contribution in [1.82, 2.24) is 4.90 Å². The van der Waals surface area contributed by atoms with E-state index >= 15 is 0 Å². The molecule has 0 N–H and O–H groups in total. The zero-order valence-corrected chi connectivity index (χ0v) is 12.6. The van der Waals surface area contributed by atoms with Crippen LogP contribution in [0, 0.1) is 5.92 Å². The van der Waals surface area contributed by atoms with Crippen LogP contribution in [0.25, 0.3) is 0 Å². The van der Waals surface area contributed by atoms with Crippen molar-refractivity contribution >= 4 is 9.16 Å². The maximum Gasteiger partial charge on any atom is 0.0184 e. The molecule has 1 atom stereocenters. The maximum atomic E-state index is 2.73. The summed E-state index contributed by atoms with van der Waals surface area (Å²) in [6.45, 7) is 10.8. The van der Waals surface area contributed by atoms with Crippen LogP contribution in [0.1, 0.15) is 27.7 Å². The summed E-state index contributed by atoms with van der Waals surface area (Å²) < 4.78 is 0. The average molecular weight is 233 g/mol. The first-order chi connectivity index (χ1) is 6.60. The second kappa shape index (κ2) is 3.96.